The third-order valence-electron chi connectivity index (χ3n) is 5.85. The lowest BCUT2D eigenvalue weighted by molar-refractivity contribution is -0.139. The molecule has 9 heteroatoms. The number of carbonyl (C=O) groups is 2. The van der Waals surface area contributed by atoms with Crippen LogP contribution in [-0.4, -0.2) is 49.4 Å². The molecule has 2 aromatic carbocycles. The number of amides is 2. The van der Waals surface area contributed by atoms with E-state index < -0.39 is 11.8 Å². The van der Waals surface area contributed by atoms with Gasteiger partial charge in [-0.1, -0.05) is 12.1 Å². The molecule has 7 nitrogen and oxygen atoms in total. The quantitative estimate of drug-likeness (QED) is 0.522. The second-order valence-corrected chi connectivity index (χ2v) is 8.05. The number of nitrogens with zero attached hydrogens (tertiary/aromatic N) is 2. The minimum absolute atomic E-state index is 0.124. The van der Waals surface area contributed by atoms with Crippen LogP contribution in [0.25, 0.3) is 0 Å². The highest BCUT2D eigenvalue weighted by Crippen LogP contribution is 2.24. The van der Waals surface area contributed by atoms with Crippen molar-refractivity contribution in [3.63, 3.8) is 0 Å². The summed E-state index contributed by atoms with van der Waals surface area (Å²) in [4.78, 5) is 29.0. The highest BCUT2D eigenvalue weighted by Gasteiger charge is 2.28. The normalized spacial score (nSPS) is 15.1. The Kier molecular flexibility index (Phi) is 7.54. The minimum Gasteiger partial charge on any atom is -0.468 e. The monoisotopic (exact) mass is 468 g/mol. The highest BCUT2D eigenvalue weighted by molar-refractivity contribution is 6.35. The Morgan fingerprint density at radius 1 is 0.853 bits per heavy atom. The predicted octanol–water partition coefficient (Wildman–Crippen LogP) is 2.85. The zero-order valence-corrected chi connectivity index (χ0v) is 18.5. The predicted molar refractivity (Wildman–Crippen MR) is 123 cm³/mol. The van der Waals surface area contributed by atoms with E-state index in [1.54, 1.807) is 36.6 Å². The molecule has 1 fully saturated rings. The molecule has 0 spiro atoms. The number of piperazine rings is 1. The molecule has 0 radical (unpaired) electrons. The number of nitrogens with one attached hydrogen (secondary N) is 2. The Bertz CT molecular complexity index is 1080. The van der Waals surface area contributed by atoms with Gasteiger partial charge in [-0.25, -0.2) is 8.78 Å². The largest absolute Gasteiger partial charge is 0.468 e. The van der Waals surface area contributed by atoms with Gasteiger partial charge in [-0.3, -0.25) is 14.5 Å². The van der Waals surface area contributed by atoms with Gasteiger partial charge in [-0.2, -0.15) is 0 Å². The zero-order valence-electron chi connectivity index (χ0n) is 18.5. The summed E-state index contributed by atoms with van der Waals surface area (Å²) in [6.45, 7) is 3.20. The molecule has 178 valence electrons. The van der Waals surface area contributed by atoms with Crippen LogP contribution in [-0.2, 0) is 16.1 Å². The Morgan fingerprint density at radius 3 is 2.09 bits per heavy atom. The Balaban J connectivity index is 1.31. The molecule has 1 atom stereocenters. The molecule has 2 heterocycles. The minimum atomic E-state index is -0.761. The first kappa shape index (κ1) is 23.4. The summed E-state index contributed by atoms with van der Waals surface area (Å²) in [5.74, 6) is -1.44. The van der Waals surface area contributed by atoms with E-state index in [0.717, 1.165) is 18.8 Å². The van der Waals surface area contributed by atoms with Crippen LogP contribution in [0.4, 0.5) is 14.5 Å². The first-order chi connectivity index (χ1) is 16.5. The van der Waals surface area contributed by atoms with Gasteiger partial charge in [-0.05, 0) is 54.1 Å². The lowest BCUT2D eigenvalue weighted by atomic mass is 10.1. The third kappa shape index (κ3) is 5.99. The maximum atomic E-state index is 13.2. The number of halogens is 2. The van der Waals surface area contributed by atoms with Crippen LogP contribution >= 0.6 is 0 Å². The maximum Gasteiger partial charge on any atom is 0.309 e. The van der Waals surface area contributed by atoms with Gasteiger partial charge in [0.2, 0.25) is 0 Å². The molecule has 1 aliphatic heterocycles. The van der Waals surface area contributed by atoms with Gasteiger partial charge in [0, 0.05) is 45.0 Å². The molecule has 1 saturated heterocycles. The Hall–Kier alpha value is -3.72. The Morgan fingerprint density at radius 2 is 1.47 bits per heavy atom. The van der Waals surface area contributed by atoms with E-state index in [1.165, 1.54) is 24.3 Å². The van der Waals surface area contributed by atoms with Crippen LogP contribution in [0.1, 0.15) is 17.4 Å². The number of carbonyl (C=O) groups excluding carboxylic acids is 2. The van der Waals surface area contributed by atoms with Crippen molar-refractivity contribution in [1.29, 1.82) is 0 Å². The molecule has 0 bridgehead atoms. The van der Waals surface area contributed by atoms with Crippen LogP contribution < -0.4 is 15.5 Å². The van der Waals surface area contributed by atoms with Gasteiger partial charge < -0.3 is 20.0 Å². The topological polar surface area (TPSA) is 77.8 Å². The van der Waals surface area contributed by atoms with Crippen LogP contribution in [0.3, 0.4) is 0 Å². The summed E-state index contributed by atoms with van der Waals surface area (Å²) in [6, 6.07) is 15.5. The van der Waals surface area contributed by atoms with Gasteiger partial charge in [0.05, 0.1) is 12.3 Å². The second-order valence-electron chi connectivity index (χ2n) is 8.05. The van der Waals surface area contributed by atoms with Gasteiger partial charge in [0.1, 0.15) is 17.4 Å². The summed E-state index contributed by atoms with van der Waals surface area (Å²) >= 11 is 0. The fourth-order valence-corrected chi connectivity index (χ4v) is 3.97. The average molecular weight is 469 g/mol. The van der Waals surface area contributed by atoms with Crippen molar-refractivity contribution in [3.05, 3.63) is 89.9 Å². The van der Waals surface area contributed by atoms with Gasteiger partial charge in [0.25, 0.3) is 0 Å². The number of hydrogen-bond donors (Lipinski definition) is 2. The summed E-state index contributed by atoms with van der Waals surface area (Å²) in [7, 11) is 0. The van der Waals surface area contributed by atoms with E-state index in [4.69, 9.17) is 4.42 Å². The molecule has 1 aromatic heterocycles. The average Bonchev–Trinajstić information content (AvgIpc) is 3.39. The third-order valence-corrected chi connectivity index (χ3v) is 5.85. The molecule has 0 unspecified atom stereocenters. The molecule has 4 rings (SSSR count). The van der Waals surface area contributed by atoms with E-state index in [2.05, 4.69) is 20.4 Å². The number of benzene rings is 2. The molecule has 34 heavy (non-hydrogen) atoms. The molecular formula is C25H26F2N4O3. The Labute approximate surface area is 196 Å². The van der Waals surface area contributed by atoms with Crippen molar-refractivity contribution in [2.75, 3.05) is 37.6 Å². The van der Waals surface area contributed by atoms with Crippen molar-refractivity contribution >= 4 is 17.5 Å². The summed E-state index contributed by atoms with van der Waals surface area (Å²) in [5.41, 5.74) is 1.65. The van der Waals surface area contributed by atoms with Crippen LogP contribution in [0.2, 0.25) is 0 Å². The van der Waals surface area contributed by atoms with E-state index in [9.17, 15) is 18.4 Å². The second kappa shape index (κ2) is 10.9. The molecule has 0 saturated carbocycles. The van der Waals surface area contributed by atoms with Gasteiger partial charge in [-0.15, -0.1) is 0 Å². The number of hydrogen-bond acceptors (Lipinski definition) is 5. The van der Waals surface area contributed by atoms with E-state index in [-0.39, 0.29) is 30.8 Å². The summed E-state index contributed by atoms with van der Waals surface area (Å²) in [5, 5.41) is 5.24. The van der Waals surface area contributed by atoms with E-state index in [0.29, 0.717) is 24.4 Å². The molecule has 2 N–H and O–H groups in total. The van der Waals surface area contributed by atoms with Gasteiger partial charge >= 0.3 is 11.8 Å². The molecule has 3 aromatic rings. The number of rotatable bonds is 7. The standard InChI is InChI=1S/C25H26F2N4O3/c26-19-5-3-18(4-6-19)16-28-24(32)25(33)29-17-22(23-2-1-15-34-23)31-13-11-30(12-14-31)21-9-7-20(27)8-10-21/h1-10,15,22H,11-14,16-17H2,(H,28,32)(H,29,33)/t22-/m1/s1. The molecular weight excluding hydrogens is 442 g/mol. The van der Waals surface area contributed by atoms with Crippen molar-refractivity contribution in [3.8, 4) is 0 Å². The fourth-order valence-electron chi connectivity index (χ4n) is 3.97. The van der Waals surface area contributed by atoms with E-state index in [1.807, 2.05) is 6.07 Å². The molecule has 0 aliphatic carbocycles. The summed E-state index contributed by atoms with van der Waals surface area (Å²) < 4.78 is 31.8. The van der Waals surface area contributed by atoms with Crippen LogP contribution in [0.15, 0.2) is 71.3 Å². The lowest BCUT2D eigenvalue weighted by Crippen LogP contribution is -2.50. The van der Waals surface area contributed by atoms with Crippen molar-refractivity contribution in [1.82, 2.24) is 15.5 Å². The highest BCUT2D eigenvalue weighted by atomic mass is 19.1. The lowest BCUT2D eigenvalue weighted by Gasteiger charge is -2.39. The molecule has 2 amide bonds. The number of anilines is 1. The van der Waals surface area contributed by atoms with E-state index >= 15 is 0 Å². The van der Waals surface area contributed by atoms with Crippen molar-refractivity contribution in [2.45, 2.75) is 12.6 Å². The fraction of sp³-hybridized carbons (Fsp3) is 0.280. The maximum absolute atomic E-state index is 13.2. The smallest absolute Gasteiger partial charge is 0.309 e. The first-order valence-corrected chi connectivity index (χ1v) is 11.1. The van der Waals surface area contributed by atoms with Gasteiger partial charge in [0.15, 0.2) is 0 Å². The van der Waals surface area contributed by atoms with Crippen molar-refractivity contribution < 1.29 is 22.8 Å². The van der Waals surface area contributed by atoms with Crippen LogP contribution in [0, 0.1) is 11.6 Å². The number of furan rings is 1. The SMILES string of the molecule is O=C(NCc1ccc(F)cc1)C(=O)NC[C@H](c1ccco1)N1CCN(c2ccc(F)cc2)CC1. The summed E-state index contributed by atoms with van der Waals surface area (Å²) in [6.07, 6.45) is 1.58. The van der Waals surface area contributed by atoms with Crippen LogP contribution in [0.5, 0.6) is 0 Å². The van der Waals surface area contributed by atoms with Crippen molar-refractivity contribution in [2.24, 2.45) is 0 Å². The first-order valence-electron chi connectivity index (χ1n) is 11.1. The zero-order chi connectivity index (χ0) is 23.9. The molecule has 1 aliphatic rings.